The summed E-state index contributed by atoms with van der Waals surface area (Å²) in [5, 5.41) is 14.9. The Labute approximate surface area is 122 Å². The maximum Gasteiger partial charge on any atom is 0.292 e. The molecule has 1 aromatic carbocycles. The van der Waals surface area contributed by atoms with Gasteiger partial charge in [-0.15, -0.1) is 0 Å². The van der Waals surface area contributed by atoms with Crippen LogP contribution in [0.1, 0.15) is 0 Å². The van der Waals surface area contributed by atoms with E-state index >= 15 is 0 Å². The van der Waals surface area contributed by atoms with Crippen molar-refractivity contribution in [2.75, 3.05) is 44.2 Å². The SMILES string of the molecule is O=[N+]([O-])c1ccc(Cl)cc1N1CCN(C2CNC2)CC1. The summed E-state index contributed by atoms with van der Waals surface area (Å²) < 4.78 is 0. The highest BCUT2D eigenvalue weighted by molar-refractivity contribution is 6.31. The fourth-order valence-corrected chi connectivity index (χ4v) is 2.93. The Kier molecular flexibility index (Phi) is 3.78. The molecule has 3 rings (SSSR count). The van der Waals surface area contributed by atoms with E-state index in [2.05, 4.69) is 15.1 Å². The zero-order chi connectivity index (χ0) is 14.1. The minimum atomic E-state index is -0.339. The van der Waals surface area contributed by atoms with Crippen molar-refractivity contribution >= 4 is 23.0 Å². The highest BCUT2D eigenvalue weighted by Crippen LogP contribution is 2.31. The first-order valence-corrected chi connectivity index (χ1v) is 7.16. The maximum atomic E-state index is 11.1. The average molecular weight is 297 g/mol. The highest BCUT2D eigenvalue weighted by Gasteiger charge is 2.29. The maximum absolute atomic E-state index is 11.1. The van der Waals surface area contributed by atoms with Crippen LogP contribution < -0.4 is 10.2 Å². The summed E-state index contributed by atoms with van der Waals surface area (Å²) in [4.78, 5) is 15.3. The topological polar surface area (TPSA) is 61.7 Å². The number of anilines is 1. The molecule has 108 valence electrons. The summed E-state index contributed by atoms with van der Waals surface area (Å²) in [5.41, 5.74) is 0.766. The predicted molar refractivity (Wildman–Crippen MR) is 78.6 cm³/mol. The minimum absolute atomic E-state index is 0.133. The molecule has 2 aliphatic heterocycles. The van der Waals surface area contributed by atoms with Crippen LogP contribution in [0.5, 0.6) is 0 Å². The van der Waals surface area contributed by atoms with Crippen LogP contribution in [0.2, 0.25) is 5.02 Å². The molecule has 0 bridgehead atoms. The van der Waals surface area contributed by atoms with Crippen LogP contribution in [0.4, 0.5) is 11.4 Å². The Balaban J connectivity index is 1.73. The van der Waals surface area contributed by atoms with E-state index in [0.717, 1.165) is 39.3 Å². The summed E-state index contributed by atoms with van der Waals surface area (Å²) in [6.45, 7) is 5.59. The molecule has 2 heterocycles. The Hall–Kier alpha value is -1.37. The molecule has 2 aliphatic rings. The summed E-state index contributed by atoms with van der Waals surface area (Å²) in [7, 11) is 0. The molecule has 0 unspecified atom stereocenters. The van der Waals surface area contributed by atoms with E-state index in [9.17, 15) is 10.1 Å². The molecule has 0 radical (unpaired) electrons. The van der Waals surface area contributed by atoms with Gasteiger partial charge in [0.2, 0.25) is 0 Å². The van der Waals surface area contributed by atoms with Crippen molar-refractivity contribution in [3.8, 4) is 0 Å². The fourth-order valence-electron chi connectivity index (χ4n) is 2.76. The Morgan fingerprint density at radius 2 is 1.95 bits per heavy atom. The molecule has 0 atom stereocenters. The van der Waals surface area contributed by atoms with Gasteiger partial charge >= 0.3 is 0 Å². The van der Waals surface area contributed by atoms with E-state index < -0.39 is 0 Å². The van der Waals surface area contributed by atoms with E-state index in [0.29, 0.717) is 16.8 Å². The lowest BCUT2D eigenvalue weighted by Crippen LogP contribution is -2.61. The third kappa shape index (κ3) is 2.59. The lowest BCUT2D eigenvalue weighted by Gasteiger charge is -2.43. The van der Waals surface area contributed by atoms with Gasteiger partial charge in [0.05, 0.1) is 4.92 Å². The van der Waals surface area contributed by atoms with Crippen molar-refractivity contribution < 1.29 is 4.92 Å². The van der Waals surface area contributed by atoms with Gasteiger partial charge < -0.3 is 10.2 Å². The first kappa shape index (κ1) is 13.6. The highest BCUT2D eigenvalue weighted by atomic mass is 35.5. The van der Waals surface area contributed by atoms with Gasteiger partial charge in [-0.1, -0.05) is 11.6 Å². The quantitative estimate of drug-likeness (QED) is 0.674. The van der Waals surface area contributed by atoms with Crippen LogP contribution in [0.25, 0.3) is 0 Å². The van der Waals surface area contributed by atoms with Gasteiger partial charge in [-0.2, -0.15) is 0 Å². The molecular formula is C13H17ClN4O2. The molecule has 7 heteroatoms. The molecule has 1 aromatic rings. The summed E-state index contributed by atoms with van der Waals surface area (Å²) in [6, 6.07) is 5.38. The van der Waals surface area contributed by atoms with Crippen LogP contribution in [-0.4, -0.2) is 55.1 Å². The molecule has 6 nitrogen and oxygen atoms in total. The molecule has 0 aromatic heterocycles. The smallest absolute Gasteiger partial charge is 0.292 e. The Morgan fingerprint density at radius 3 is 2.50 bits per heavy atom. The summed E-state index contributed by atoms with van der Waals surface area (Å²) in [6.07, 6.45) is 0. The second kappa shape index (κ2) is 5.55. The van der Waals surface area contributed by atoms with Crippen molar-refractivity contribution in [2.45, 2.75) is 6.04 Å². The van der Waals surface area contributed by atoms with Crippen LogP contribution in [0.3, 0.4) is 0 Å². The molecule has 2 saturated heterocycles. The lowest BCUT2D eigenvalue weighted by molar-refractivity contribution is -0.384. The number of piperazine rings is 1. The summed E-state index contributed by atoms with van der Waals surface area (Å²) >= 11 is 5.98. The van der Waals surface area contributed by atoms with Crippen molar-refractivity contribution in [1.82, 2.24) is 10.2 Å². The second-order valence-electron chi connectivity index (χ2n) is 5.23. The minimum Gasteiger partial charge on any atom is -0.363 e. The number of nitrogens with zero attached hydrogens (tertiary/aromatic N) is 3. The van der Waals surface area contributed by atoms with Gasteiger partial charge in [0.1, 0.15) is 5.69 Å². The molecule has 20 heavy (non-hydrogen) atoms. The van der Waals surface area contributed by atoms with E-state index in [-0.39, 0.29) is 10.6 Å². The van der Waals surface area contributed by atoms with Gasteiger partial charge in [0, 0.05) is 56.4 Å². The van der Waals surface area contributed by atoms with Gasteiger partial charge in [-0.25, -0.2) is 0 Å². The van der Waals surface area contributed by atoms with Crippen LogP contribution in [-0.2, 0) is 0 Å². The Morgan fingerprint density at radius 1 is 1.25 bits per heavy atom. The van der Waals surface area contributed by atoms with Crippen molar-refractivity contribution in [3.63, 3.8) is 0 Å². The fraction of sp³-hybridized carbons (Fsp3) is 0.538. The monoisotopic (exact) mass is 296 g/mol. The van der Waals surface area contributed by atoms with Crippen molar-refractivity contribution in [1.29, 1.82) is 0 Å². The Bertz CT molecular complexity index is 513. The number of nitro groups is 1. The standard InChI is InChI=1S/C13H17ClN4O2/c14-10-1-2-12(18(19)20)13(7-10)17-5-3-16(4-6-17)11-8-15-9-11/h1-2,7,11,15H,3-6,8-9H2. The number of benzene rings is 1. The van der Waals surface area contributed by atoms with E-state index in [1.807, 2.05) is 0 Å². The van der Waals surface area contributed by atoms with Crippen LogP contribution >= 0.6 is 11.6 Å². The number of hydrogen-bond donors (Lipinski definition) is 1. The molecule has 0 saturated carbocycles. The van der Waals surface area contributed by atoms with Crippen molar-refractivity contribution in [2.24, 2.45) is 0 Å². The normalized spacial score (nSPS) is 20.8. The van der Waals surface area contributed by atoms with Gasteiger partial charge in [0.15, 0.2) is 0 Å². The third-order valence-electron chi connectivity index (χ3n) is 4.07. The number of rotatable bonds is 3. The second-order valence-corrected chi connectivity index (χ2v) is 5.66. The van der Waals surface area contributed by atoms with E-state index in [1.165, 1.54) is 6.07 Å². The molecular weight excluding hydrogens is 280 g/mol. The van der Waals surface area contributed by atoms with E-state index in [4.69, 9.17) is 11.6 Å². The lowest BCUT2D eigenvalue weighted by atomic mass is 10.1. The number of hydrogen-bond acceptors (Lipinski definition) is 5. The zero-order valence-corrected chi connectivity index (χ0v) is 11.8. The molecule has 2 fully saturated rings. The first-order valence-electron chi connectivity index (χ1n) is 6.79. The van der Waals surface area contributed by atoms with Gasteiger partial charge in [0.25, 0.3) is 5.69 Å². The van der Waals surface area contributed by atoms with Crippen LogP contribution in [0, 0.1) is 10.1 Å². The number of nitro benzene ring substituents is 1. The van der Waals surface area contributed by atoms with Gasteiger partial charge in [-0.3, -0.25) is 15.0 Å². The number of nitrogens with one attached hydrogen (secondary N) is 1. The largest absolute Gasteiger partial charge is 0.363 e. The van der Waals surface area contributed by atoms with Crippen molar-refractivity contribution in [3.05, 3.63) is 33.3 Å². The first-order chi connectivity index (χ1) is 9.65. The average Bonchev–Trinajstić information content (AvgIpc) is 2.37. The third-order valence-corrected chi connectivity index (χ3v) is 4.30. The molecule has 1 N–H and O–H groups in total. The van der Waals surface area contributed by atoms with E-state index in [1.54, 1.807) is 12.1 Å². The van der Waals surface area contributed by atoms with Gasteiger partial charge in [-0.05, 0) is 12.1 Å². The number of halogens is 1. The van der Waals surface area contributed by atoms with Crippen LogP contribution in [0.15, 0.2) is 18.2 Å². The molecule has 0 spiro atoms. The molecule has 0 aliphatic carbocycles. The zero-order valence-electron chi connectivity index (χ0n) is 11.1. The predicted octanol–water partition coefficient (Wildman–Crippen LogP) is 1.34. The summed E-state index contributed by atoms with van der Waals surface area (Å²) in [5.74, 6) is 0. The molecule has 0 amide bonds.